The third-order valence-electron chi connectivity index (χ3n) is 4.81. The molecule has 3 heterocycles. The second kappa shape index (κ2) is 9.23. The number of sulfonamides is 1. The maximum absolute atomic E-state index is 12.9. The number of benzene rings is 1. The number of rotatable bonds is 8. The molecule has 160 valence electrons. The van der Waals surface area contributed by atoms with Gasteiger partial charge in [-0.25, -0.2) is 13.1 Å². The molecule has 0 unspecified atom stereocenters. The maximum atomic E-state index is 12.9. The fourth-order valence-corrected chi connectivity index (χ4v) is 5.53. The lowest BCUT2D eigenvalue weighted by Gasteiger charge is -2.25. The lowest BCUT2D eigenvalue weighted by molar-refractivity contribution is 0.346. The molecule has 0 amide bonds. The van der Waals surface area contributed by atoms with Crippen molar-refractivity contribution in [2.45, 2.75) is 55.0 Å². The highest BCUT2D eigenvalue weighted by Gasteiger charge is 2.26. The second-order valence-corrected chi connectivity index (χ2v) is 9.84. The Labute approximate surface area is 179 Å². The lowest BCUT2D eigenvalue weighted by atomic mass is 10.2. The van der Waals surface area contributed by atoms with Crippen LogP contribution in [0.2, 0.25) is 0 Å². The van der Waals surface area contributed by atoms with E-state index in [-0.39, 0.29) is 10.8 Å². The molecule has 1 aromatic carbocycles. The number of aryl methyl sites for hydroxylation is 1. The van der Waals surface area contributed by atoms with E-state index in [0.717, 1.165) is 38.1 Å². The summed E-state index contributed by atoms with van der Waals surface area (Å²) in [5, 5.41) is 20.2. The molecule has 30 heavy (non-hydrogen) atoms. The van der Waals surface area contributed by atoms with E-state index >= 15 is 0 Å². The first kappa shape index (κ1) is 20.9. The van der Waals surface area contributed by atoms with E-state index < -0.39 is 10.0 Å². The zero-order chi connectivity index (χ0) is 21.0. The summed E-state index contributed by atoms with van der Waals surface area (Å²) in [5.41, 5.74) is 0.572. The van der Waals surface area contributed by atoms with Crippen LogP contribution in [0.5, 0.6) is 0 Å². The lowest BCUT2D eigenvalue weighted by Crippen LogP contribution is -2.35. The van der Waals surface area contributed by atoms with Gasteiger partial charge in [0.15, 0.2) is 5.82 Å². The van der Waals surface area contributed by atoms with Crippen LogP contribution in [0.3, 0.4) is 0 Å². The van der Waals surface area contributed by atoms with Gasteiger partial charge in [0.1, 0.15) is 0 Å². The van der Waals surface area contributed by atoms with E-state index in [9.17, 15) is 8.42 Å². The summed E-state index contributed by atoms with van der Waals surface area (Å²) in [6.07, 6.45) is 3.79. The normalized spacial score (nSPS) is 15.5. The third kappa shape index (κ3) is 4.55. The van der Waals surface area contributed by atoms with Crippen LogP contribution < -0.4 is 0 Å². The quantitative estimate of drug-likeness (QED) is 0.478. The molecule has 10 nitrogen and oxygen atoms in total. The number of aromatic nitrogens is 6. The topological polar surface area (TPSA) is 120 Å². The van der Waals surface area contributed by atoms with Crippen LogP contribution in [0, 0.1) is 0 Å². The fourth-order valence-electron chi connectivity index (χ4n) is 3.27. The summed E-state index contributed by atoms with van der Waals surface area (Å²) in [6, 6.07) is 6.65. The molecular formula is C18H23N7O3S2. The molecule has 0 saturated carbocycles. The number of thioether (sulfide) groups is 1. The van der Waals surface area contributed by atoms with Gasteiger partial charge in [0.25, 0.3) is 5.22 Å². The van der Waals surface area contributed by atoms with Crippen molar-refractivity contribution in [2.24, 2.45) is 0 Å². The second-order valence-electron chi connectivity index (χ2n) is 6.97. The zero-order valence-corrected chi connectivity index (χ0v) is 18.3. The zero-order valence-electron chi connectivity index (χ0n) is 16.6. The van der Waals surface area contributed by atoms with E-state index in [1.165, 1.54) is 11.8 Å². The summed E-state index contributed by atoms with van der Waals surface area (Å²) >= 11 is 1.34. The predicted molar refractivity (Wildman–Crippen MR) is 110 cm³/mol. The smallest absolute Gasteiger partial charge is 0.277 e. The molecule has 0 spiro atoms. The van der Waals surface area contributed by atoms with Gasteiger partial charge in [-0.05, 0) is 47.9 Å². The van der Waals surface area contributed by atoms with Crippen molar-refractivity contribution in [3.8, 4) is 11.5 Å². The van der Waals surface area contributed by atoms with E-state index in [4.69, 9.17) is 4.42 Å². The third-order valence-corrected chi connectivity index (χ3v) is 7.52. The van der Waals surface area contributed by atoms with Crippen LogP contribution in [0.1, 0.15) is 38.4 Å². The van der Waals surface area contributed by atoms with Gasteiger partial charge in [0.2, 0.25) is 15.9 Å². The molecule has 0 aliphatic carbocycles. The number of hydrogen-bond donors (Lipinski definition) is 0. The first-order chi connectivity index (χ1) is 14.6. The maximum Gasteiger partial charge on any atom is 0.277 e. The van der Waals surface area contributed by atoms with E-state index in [0.29, 0.717) is 29.6 Å². The number of tetrazole rings is 1. The summed E-state index contributed by atoms with van der Waals surface area (Å²) in [7, 11) is -3.52. The van der Waals surface area contributed by atoms with Gasteiger partial charge >= 0.3 is 0 Å². The summed E-state index contributed by atoms with van der Waals surface area (Å²) in [5.74, 6) is 1.51. The number of nitrogens with zero attached hydrogens (tertiary/aromatic N) is 7. The predicted octanol–water partition coefficient (Wildman–Crippen LogP) is 2.60. The Balaban J connectivity index is 1.48. The molecule has 0 radical (unpaired) electrons. The highest BCUT2D eigenvalue weighted by Crippen LogP contribution is 2.28. The molecular weight excluding hydrogens is 426 g/mol. The van der Waals surface area contributed by atoms with Gasteiger partial charge in [0, 0.05) is 25.2 Å². The van der Waals surface area contributed by atoms with Gasteiger partial charge in [-0.2, -0.15) is 4.31 Å². The van der Waals surface area contributed by atoms with Crippen molar-refractivity contribution >= 4 is 21.8 Å². The first-order valence-electron chi connectivity index (χ1n) is 9.90. The van der Waals surface area contributed by atoms with Crippen molar-refractivity contribution in [3.05, 3.63) is 30.1 Å². The number of piperidine rings is 1. The van der Waals surface area contributed by atoms with Crippen molar-refractivity contribution in [3.63, 3.8) is 0 Å². The van der Waals surface area contributed by atoms with E-state index in [1.54, 1.807) is 33.3 Å². The molecule has 1 fully saturated rings. The van der Waals surface area contributed by atoms with Crippen molar-refractivity contribution in [2.75, 3.05) is 13.1 Å². The van der Waals surface area contributed by atoms with Gasteiger partial charge in [-0.15, -0.1) is 15.3 Å². The molecule has 3 aromatic rings. The van der Waals surface area contributed by atoms with Crippen LogP contribution in [0.25, 0.3) is 11.5 Å². The van der Waals surface area contributed by atoms with Crippen molar-refractivity contribution in [1.29, 1.82) is 0 Å². The average molecular weight is 450 g/mol. The van der Waals surface area contributed by atoms with Crippen LogP contribution in [-0.4, -0.2) is 56.2 Å². The molecule has 1 aliphatic rings. The molecule has 1 aliphatic heterocycles. The first-order valence-corrected chi connectivity index (χ1v) is 12.3. The Morgan fingerprint density at radius 1 is 1.13 bits per heavy atom. The molecule has 0 N–H and O–H groups in total. The van der Waals surface area contributed by atoms with Crippen molar-refractivity contribution in [1.82, 2.24) is 34.7 Å². The highest BCUT2D eigenvalue weighted by atomic mass is 32.2. The van der Waals surface area contributed by atoms with Crippen LogP contribution in [0.4, 0.5) is 0 Å². The summed E-state index contributed by atoms with van der Waals surface area (Å²) in [4.78, 5) is 0.244. The molecule has 0 atom stereocenters. The van der Waals surface area contributed by atoms with Crippen molar-refractivity contribution < 1.29 is 12.8 Å². The Morgan fingerprint density at radius 2 is 1.97 bits per heavy atom. The van der Waals surface area contributed by atoms with Gasteiger partial charge in [-0.3, -0.25) is 0 Å². The monoisotopic (exact) mass is 449 g/mol. The Morgan fingerprint density at radius 3 is 2.77 bits per heavy atom. The largest absolute Gasteiger partial charge is 0.411 e. The molecule has 4 rings (SSSR count). The van der Waals surface area contributed by atoms with Gasteiger partial charge < -0.3 is 4.42 Å². The molecule has 12 heteroatoms. The van der Waals surface area contributed by atoms with Gasteiger partial charge in [0.05, 0.1) is 10.6 Å². The molecule has 0 bridgehead atoms. The Bertz CT molecular complexity index is 1090. The fraction of sp³-hybridized carbons (Fsp3) is 0.500. The van der Waals surface area contributed by atoms with E-state index in [2.05, 4.69) is 32.6 Å². The van der Waals surface area contributed by atoms with Crippen LogP contribution >= 0.6 is 11.8 Å². The van der Waals surface area contributed by atoms with Crippen LogP contribution in [-0.2, 0) is 22.3 Å². The number of hydrogen-bond acceptors (Lipinski definition) is 9. The minimum atomic E-state index is -3.52. The minimum absolute atomic E-state index is 0.244. The molecule has 1 saturated heterocycles. The Hall–Kier alpha value is -2.31. The highest BCUT2D eigenvalue weighted by molar-refractivity contribution is 7.98. The summed E-state index contributed by atoms with van der Waals surface area (Å²) < 4.78 is 34.9. The SMILES string of the molecule is CCCn1nnnc1CSc1nnc(-c2cccc(S(=O)(=O)N3CCCCC3)c2)o1. The average Bonchev–Trinajstić information content (AvgIpc) is 3.43. The standard InChI is InChI=1S/C18H23N7O3S2/c1-2-9-25-16(19-22-23-25)13-29-18-21-20-17(28-18)14-7-6-8-15(12-14)30(26,27)24-10-4-3-5-11-24/h6-8,12H,2-5,9-11,13H2,1H3. The van der Waals surface area contributed by atoms with E-state index in [1.807, 2.05) is 0 Å². The van der Waals surface area contributed by atoms with Crippen LogP contribution in [0.15, 0.2) is 38.8 Å². The summed E-state index contributed by atoms with van der Waals surface area (Å²) in [6.45, 7) is 3.93. The minimum Gasteiger partial charge on any atom is -0.411 e. The Kier molecular flexibility index (Phi) is 6.44. The molecule has 2 aromatic heterocycles. The van der Waals surface area contributed by atoms with Gasteiger partial charge in [-0.1, -0.05) is 31.2 Å².